The summed E-state index contributed by atoms with van der Waals surface area (Å²) in [5.74, 6) is 0.689. The van der Waals surface area contributed by atoms with E-state index in [9.17, 15) is 0 Å². The molecule has 3 heteroatoms. The smallest absolute Gasteiger partial charge is 0.333 e. The van der Waals surface area contributed by atoms with Crippen molar-refractivity contribution < 1.29 is 10.1 Å². The first-order valence-corrected chi connectivity index (χ1v) is 3.79. The van der Waals surface area contributed by atoms with Crippen LogP contribution in [0.15, 0.2) is 0 Å². The molecular weight excluding hydrogens is 170 g/mol. The Bertz CT molecular complexity index is 105. The van der Waals surface area contributed by atoms with Gasteiger partial charge in [0.15, 0.2) is 0 Å². The second-order valence-corrected chi connectivity index (χ2v) is 2.55. The average Bonchev–Trinajstić information content (AvgIpc) is 2.14. The molecule has 8 heavy (non-hydrogen) atoms. The fourth-order valence-corrected chi connectivity index (χ4v) is 1.20. The quantitative estimate of drug-likeness (QED) is 0.552. The van der Waals surface area contributed by atoms with Gasteiger partial charge < -0.3 is 4.74 Å². The van der Waals surface area contributed by atoms with Crippen molar-refractivity contribution in [1.82, 2.24) is 0 Å². The topological polar surface area (TPSA) is 34.8 Å². The summed E-state index contributed by atoms with van der Waals surface area (Å²) in [6.07, 6.45) is 2.32. The normalized spacial score (nSPS) is 28.1. The fourth-order valence-electron chi connectivity index (χ4n) is 0.744. The van der Waals surface area contributed by atoms with Crippen molar-refractivity contribution in [3.8, 4) is 0 Å². The molecular formula is C5H9BrNO+. The van der Waals surface area contributed by atoms with Gasteiger partial charge in [0.1, 0.15) is 6.10 Å². The number of hydrogen-bond acceptors (Lipinski definition) is 1. The molecule has 1 atom stereocenters. The van der Waals surface area contributed by atoms with Crippen LogP contribution in [0.5, 0.6) is 0 Å². The van der Waals surface area contributed by atoms with Crippen molar-refractivity contribution in [1.29, 1.82) is 0 Å². The third-order valence-corrected chi connectivity index (χ3v) is 1.93. The van der Waals surface area contributed by atoms with Crippen LogP contribution in [-0.4, -0.2) is 17.3 Å². The van der Waals surface area contributed by atoms with Crippen LogP contribution in [-0.2, 0) is 4.74 Å². The van der Waals surface area contributed by atoms with Crippen LogP contribution >= 0.6 is 15.9 Å². The van der Waals surface area contributed by atoms with Gasteiger partial charge in [-0.05, 0) is 6.42 Å². The first-order valence-electron chi connectivity index (χ1n) is 2.67. The molecule has 0 aromatic heterocycles. The van der Waals surface area contributed by atoms with Gasteiger partial charge in [0.05, 0.1) is 6.42 Å². The summed E-state index contributed by atoms with van der Waals surface area (Å²) in [4.78, 5) is 0. The zero-order valence-electron chi connectivity index (χ0n) is 4.56. The molecule has 1 rings (SSSR count). The molecule has 0 aliphatic carbocycles. The molecule has 2 nitrogen and oxygen atoms in total. The van der Waals surface area contributed by atoms with Gasteiger partial charge in [-0.15, -0.1) is 0 Å². The highest BCUT2D eigenvalue weighted by molar-refractivity contribution is 9.09. The Morgan fingerprint density at radius 3 is 2.88 bits per heavy atom. The summed E-state index contributed by atoms with van der Waals surface area (Å²) < 4.78 is 5.16. The summed E-state index contributed by atoms with van der Waals surface area (Å²) >= 11 is 3.31. The molecule has 0 bridgehead atoms. The summed E-state index contributed by atoms with van der Waals surface area (Å²) in [6.45, 7) is 0. The lowest BCUT2D eigenvalue weighted by Crippen LogP contribution is -2.39. The van der Waals surface area contributed by atoms with Crippen molar-refractivity contribution >= 4 is 21.8 Å². The number of nitrogens with two attached hydrogens (primary N) is 1. The van der Waals surface area contributed by atoms with Crippen molar-refractivity contribution in [2.75, 3.05) is 5.33 Å². The zero-order chi connectivity index (χ0) is 5.98. The molecule has 46 valence electrons. The van der Waals surface area contributed by atoms with Gasteiger partial charge in [0, 0.05) is 5.33 Å². The van der Waals surface area contributed by atoms with Crippen molar-refractivity contribution in [3.05, 3.63) is 0 Å². The second kappa shape index (κ2) is 2.49. The van der Waals surface area contributed by atoms with Crippen LogP contribution < -0.4 is 5.41 Å². The van der Waals surface area contributed by atoms with Gasteiger partial charge in [-0.3, -0.25) is 0 Å². The van der Waals surface area contributed by atoms with E-state index < -0.39 is 0 Å². The van der Waals surface area contributed by atoms with E-state index in [1.54, 1.807) is 0 Å². The SMILES string of the molecule is [NH2+]=C1CCC(CBr)O1. The highest BCUT2D eigenvalue weighted by atomic mass is 79.9. The molecule has 1 heterocycles. The molecule has 1 saturated heterocycles. The monoisotopic (exact) mass is 178 g/mol. The first kappa shape index (κ1) is 6.08. The van der Waals surface area contributed by atoms with E-state index >= 15 is 0 Å². The Balaban J connectivity index is 2.32. The molecule has 1 fully saturated rings. The van der Waals surface area contributed by atoms with E-state index in [0.717, 1.165) is 18.2 Å². The van der Waals surface area contributed by atoms with Gasteiger partial charge >= 0.3 is 5.90 Å². The molecule has 0 saturated carbocycles. The lowest BCUT2D eigenvalue weighted by molar-refractivity contribution is -0.140. The van der Waals surface area contributed by atoms with E-state index in [2.05, 4.69) is 15.9 Å². The van der Waals surface area contributed by atoms with Crippen molar-refractivity contribution in [3.63, 3.8) is 0 Å². The van der Waals surface area contributed by atoms with Gasteiger partial charge in [0.25, 0.3) is 0 Å². The molecule has 0 radical (unpaired) electrons. The van der Waals surface area contributed by atoms with Gasteiger partial charge in [-0.25, -0.2) is 5.41 Å². The summed E-state index contributed by atoms with van der Waals surface area (Å²) in [5.41, 5.74) is 0. The van der Waals surface area contributed by atoms with Crippen molar-refractivity contribution in [2.24, 2.45) is 0 Å². The van der Waals surface area contributed by atoms with Crippen LogP contribution in [0.1, 0.15) is 12.8 Å². The third kappa shape index (κ3) is 1.22. The molecule has 0 aromatic rings. The zero-order valence-corrected chi connectivity index (χ0v) is 6.15. The Kier molecular flexibility index (Phi) is 1.89. The maximum Gasteiger partial charge on any atom is 0.333 e. The van der Waals surface area contributed by atoms with Crippen LogP contribution in [0.3, 0.4) is 0 Å². The molecule has 1 aliphatic heterocycles. The van der Waals surface area contributed by atoms with Crippen LogP contribution in [0, 0.1) is 0 Å². The van der Waals surface area contributed by atoms with Gasteiger partial charge in [-0.1, -0.05) is 15.9 Å². The molecule has 1 aliphatic rings. The number of halogens is 1. The predicted octanol–water partition coefficient (Wildman–Crippen LogP) is -0.282. The van der Waals surface area contributed by atoms with E-state index in [-0.39, 0.29) is 0 Å². The fraction of sp³-hybridized carbons (Fsp3) is 0.800. The van der Waals surface area contributed by atoms with Crippen LogP contribution in [0.4, 0.5) is 0 Å². The summed E-state index contributed by atoms with van der Waals surface area (Å²) in [7, 11) is 0. The minimum Gasteiger partial charge on any atom is -0.444 e. The molecule has 0 amide bonds. The van der Waals surface area contributed by atoms with Gasteiger partial charge in [0.2, 0.25) is 0 Å². The van der Waals surface area contributed by atoms with Crippen molar-refractivity contribution in [2.45, 2.75) is 18.9 Å². The Hall–Kier alpha value is -0.0500. The van der Waals surface area contributed by atoms with E-state index in [0.29, 0.717) is 12.0 Å². The summed E-state index contributed by atoms with van der Waals surface area (Å²) in [6, 6.07) is 0. The number of hydrogen-bond donors (Lipinski definition) is 1. The minimum absolute atomic E-state index is 0.329. The summed E-state index contributed by atoms with van der Waals surface area (Å²) in [5, 5.41) is 6.27. The number of rotatable bonds is 1. The number of alkyl halides is 1. The Morgan fingerprint density at radius 1 is 1.88 bits per heavy atom. The number of ether oxygens (including phenoxy) is 1. The van der Waals surface area contributed by atoms with E-state index in [1.807, 2.05) is 0 Å². The third-order valence-electron chi connectivity index (χ3n) is 1.20. The highest BCUT2D eigenvalue weighted by Gasteiger charge is 2.22. The van der Waals surface area contributed by atoms with Gasteiger partial charge in [-0.2, -0.15) is 0 Å². The minimum atomic E-state index is 0.329. The lowest BCUT2D eigenvalue weighted by atomic mass is 10.3. The second-order valence-electron chi connectivity index (χ2n) is 1.90. The highest BCUT2D eigenvalue weighted by Crippen LogP contribution is 2.13. The average molecular weight is 179 g/mol. The van der Waals surface area contributed by atoms with E-state index in [1.165, 1.54) is 0 Å². The first-order chi connectivity index (χ1) is 3.83. The maximum absolute atomic E-state index is 5.37. The molecule has 0 spiro atoms. The maximum atomic E-state index is 5.37. The largest absolute Gasteiger partial charge is 0.444 e. The Morgan fingerprint density at radius 2 is 2.62 bits per heavy atom. The van der Waals surface area contributed by atoms with E-state index in [4.69, 9.17) is 10.1 Å². The van der Waals surface area contributed by atoms with Crippen LogP contribution in [0.25, 0.3) is 0 Å². The van der Waals surface area contributed by atoms with Crippen LogP contribution in [0.2, 0.25) is 0 Å². The predicted molar refractivity (Wildman–Crippen MR) is 34.8 cm³/mol. The molecule has 1 unspecified atom stereocenters. The molecule has 2 N–H and O–H groups in total. The molecule has 0 aromatic carbocycles. The Labute approximate surface area is 56.9 Å². The standard InChI is InChI=1S/C5H8BrNO/c6-3-4-1-2-5(7)8-4/h4,7H,1-3H2/p+1. The lowest BCUT2D eigenvalue weighted by Gasteiger charge is -1.99.